The Morgan fingerprint density at radius 1 is 0.706 bits per heavy atom. The second-order valence-corrected chi connectivity index (χ2v) is 4.06. The Balaban J connectivity index is 0. The van der Waals surface area contributed by atoms with Crippen LogP contribution in [-0.4, -0.2) is 22.2 Å². The standard InChI is InChI=1S/C7H16.C6H10O4/c1-3-5-7-6-4-2;7-5(8)3-1-2-4-6(9)10/h3-7H2,1-2H3;1-4H2,(H,7,8)(H,9,10). The van der Waals surface area contributed by atoms with E-state index >= 15 is 0 Å². The summed E-state index contributed by atoms with van der Waals surface area (Å²) >= 11 is 0. The van der Waals surface area contributed by atoms with Gasteiger partial charge in [-0.2, -0.15) is 0 Å². The molecule has 0 atom stereocenters. The molecule has 2 N–H and O–H groups in total. The molecule has 0 saturated carbocycles. The molecule has 0 aliphatic heterocycles. The van der Waals surface area contributed by atoms with Crippen molar-refractivity contribution in [3.63, 3.8) is 0 Å². The van der Waals surface area contributed by atoms with Gasteiger partial charge < -0.3 is 10.2 Å². The van der Waals surface area contributed by atoms with Gasteiger partial charge in [0.25, 0.3) is 0 Å². The van der Waals surface area contributed by atoms with E-state index in [1.807, 2.05) is 0 Å². The normalized spacial score (nSPS) is 9.29. The largest absolute Gasteiger partial charge is 0.481 e. The molecular weight excluding hydrogens is 220 g/mol. The Kier molecular flexibility index (Phi) is 16.1. The van der Waals surface area contributed by atoms with Crippen molar-refractivity contribution in [2.45, 2.75) is 71.6 Å². The average Bonchev–Trinajstić information content (AvgIpc) is 2.26. The molecular formula is C13H26O4. The van der Waals surface area contributed by atoms with Crippen LogP contribution >= 0.6 is 0 Å². The predicted octanol–water partition coefficient (Wildman–Crippen LogP) is 3.69. The van der Waals surface area contributed by atoms with Crippen LogP contribution in [0.15, 0.2) is 0 Å². The first-order valence-electron chi connectivity index (χ1n) is 6.48. The van der Waals surface area contributed by atoms with Crippen LogP contribution in [0.1, 0.15) is 71.6 Å². The summed E-state index contributed by atoms with van der Waals surface area (Å²) in [7, 11) is 0. The monoisotopic (exact) mass is 246 g/mol. The van der Waals surface area contributed by atoms with E-state index in [0.29, 0.717) is 12.8 Å². The summed E-state index contributed by atoms with van der Waals surface area (Å²) in [6.07, 6.45) is 8.03. The summed E-state index contributed by atoms with van der Waals surface area (Å²) in [6, 6.07) is 0. The number of carbonyl (C=O) groups is 2. The van der Waals surface area contributed by atoms with E-state index in [4.69, 9.17) is 10.2 Å². The fourth-order valence-electron chi connectivity index (χ4n) is 1.23. The molecule has 0 rings (SSSR count). The summed E-state index contributed by atoms with van der Waals surface area (Å²) in [5, 5.41) is 16.3. The highest BCUT2D eigenvalue weighted by Crippen LogP contribution is 2.00. The zero-order chi connectivity index (χ0) is 13.5. The van der Waals surface area contributed by atoms with E-state index < -0.39 is 11.9 Å². The summed E-state index contributed by atoms with van der Waals surface area (Å²) in [4.78, 5) is 19.8. The van der Waals surface area contributed by atoms with Crippen LogP contribution in [0.4, 0.5) is 0 Å². The van der Waals surface area contributed by atoms with E-state index in [1.165, 1.54) is 32.1 Å². The lowest BCUT2D eigenvalue weighted by atomic mass is 10.2. The van der Waals surface area contributed by atoms with Crippen molar-refractivity contribution in [3.8, 4) is 0 Å². The molecule has 0 radical (unpaired) electrons. The average molecular weight is 246 g/mol. The maximum Gasteiger partial charge on any atom is 0.303 e. The number of unbranched alkanes of at least 4 members (excludes halogenated alkanes) is 5. The second kappa shape index (κ2) is 14.9. The number of hydrogen-bond donors (Lipinski definition) is 2. The third-order valence-corrected chi connectivity index (χ3v) is 2.24. The molecule has 0 heterocycles. The molecule has 0 aromatic heterocycles. The molecule has 0 aromatic carbocycles. The molecule has 102 valence electrons. The third-order valence-electron chi connectivity index (χ3n) is 2.24. The Morgan fingerprint density at radius 3 is 1.29 bits per heavy atom. The van der Waals surface area contributed by atoms with Crippen LogP contribution in [0.3, 0.4) is 0 Å². The van der Waals surface area contributed by atoms with E-state index in [-0.39, 0.29) is 12.8 Å². The summed E-state index contributed by atoms with van der Waals surface area (Å²) < 4.78 is 0. The van der Waals surface area contributed by atoms with Crippen molar-refractivity contribution in [2.24, 2.45) is 0 Å². The van der Waals surface area contributed by atoms with Crippen molar-refractivity contribution in [2.75, 3.05) is 0 Å². The van der Waals surface area contributed by atoms with Crippen LogP contribution in [-0.2, 0) is 9.59 Å². The molecule has 0 aliphatic rings. The SMILES string of the molecule is CCCCCCC.O=C(O)CCCCC(=O)O. The van der Waals surface area contributed by atoms with Gasteiger partial charge in [0.1, 0.15) is 0 Å². The third kappa shape index (κ3) is 25.3. The zero-order valence-electron chi connectivity index (χ0n) is 11.1. The Bertz CT molecular complexity index is 170. The van der Waals surface area contributed by atoms with Gasteiger partial charge in [-0.05, 0) is 12.8 Å². The number of rotatable bonds is 9. The first kappa shape index (κ1) is 18.3. The molecule has 17 heavy (non-hydrogen) atoms. The number of carboxylic acids is 2. The highest BCUT2D eigenvalue weighted by atomic mass is 16.4. The van der Waals surface area contributed by atoms with Gasteiger partial charge >= 0.3 is 11.9 Å². The van der Waals surface area contributed by atoms with Crippen LogP contribution in [0, 0.1) is 0 Å². The summed E-state index contributed by atoms with van der Waals surface area (Å²) in [6.45, 7) is 4.49. The van der Waals surface area contributed by atoms with Gasteiger partial charge in [0.2, 0.25) is 0 Å². The van der Waals surface area contributed by atoms with Crippen molar-refractivity contribution in [1.82, 2.24) is 0 Å². The highest BCUT2D eigenvalue weighted by molar-refractivity contribution is 5.67. The molecule has 0 aliphatic carbocycles. The minimum Gasteiger partial charge on any atom is -0.481 e. The number of hydrogen-bond acceptors (Lipinski definition) is 2. The maximum absolute atomic E-state index is 9.90. The Labute approximate surface area is 104 Å². The summed E-state index contributed by atoms with van der Waals surface area (Å²) in [5.74, 6) is -1.74. The predicted molar refractivity (Wildman–Crippen MR) is 68.2 cm³/mol. The molecule has 0 aromatic rings. The van der Waals surface area contributed by atoms with E-state index in [2.05, 4.69) is 13.8 Å². The molecule has 0 saturated heterocycles. The molecule has 4 nitrogen and oxygen atoms in total. The highest BCUT2D eigenvalue weighted by Gasteiger charge is 1.99. The zero-order valence-corrected chi connectivity index (χ0v) is 11.1. The van der Waals surface area contributed by atoms with Gasteiger partial charge in [-0.1, -0.05) is 46.0 Å². The lowest BCUT2D eigenvalue weighted by Crippen LogP contribution is -1.97. The number of carboxylic acid groups (broad SMARTS) is 2. The first-order chi connectivity index (χ1) is 8.04. The van der Waals surface area contributed by atoms with Gasteiger partial charge in [-0.15, -0.1) is 0 Å². The van der Waals surface area contributed by atoms with Crippen LogP contribution in [0.25, 0.3) is 0 Å². The van der Waals surface area contributed by atoms with Crippen LogP contribution < -0.4 is 0 Å². The van der Waals surface area contributed by atoms with Gasteiger partial charge in [0.05, 0.1) is 0 Å². The quantitative estimate of drug-likeness (QED) is 0.608. The number of aliphatic carboxylic acids is 2. The molecule has 0 bridgehead atoms. The lowest BCUT2D eigenvalue weighted by Gasteiger charge is -1.92. The Morgan fingerprint density at radius 2 is 1.06 bits per heavy atom. The minimum atomic E-state index is -0.870. The summed E-state index contributed by atoms with van der Waals surface area (Å²) in [5.41, 5.74) is 0. The van der Waals surface area contributed by atoms with Gasteiger partial charge in [0, 0.05) is 12.8 Å². The lowest BCUT2D eigenvalue weighted by molar-refractivity contribution is -0.139. The topological polar surface area (TPSA) is 74.6 Å². The van der Waals surface area contributed by atoms with E-state index in [0.717, 1.165) is 0 Å². The maximum atomic E-state index is 9.90. The Hall–Kier alpha value is -1.06. The second-order valence-electron chi connectivity index (χ2n) is 4.06. The minimum absolute atomic E-state index is 0.0628. The first-order valence-corrected chi connectivity index (χ1v) is 6.48. The van der Waals surface area contributed by atoms with Crippen molar-refractivity contribution in [3.05, 3.63) is 0 Å². The van der Waals surface area contributed by atoms with Crippen molar-refractivity contribution < 1.29 is 19.8 Å². The smallest absolute Gasteiger partial charge is 0.303 e. The molecule has 0 spiro atoms. The molecule has 0 unspecified atom stereocenters. The molecule has 0 fully saturated rings. The van der Waals surface area contributed by atoms with Crippen LogP contribution in [0.2, 0.25) is 0 Å². The van der Waals surface area contributed by atoms with Gasteiger partial charge in [-0.3, -0.25) is 9.59 Å². The fourth-order valence-corrected chi connectivity index (χ4v) is 1.23. The van der Waals surface area contributed by atoms with E-state index in [1.54, 1.807) is 0 Å². The molecule has 0 amide bonds. The van der Waals surface area contributed by atoms with E-state index in [9.17, 15) is 9.59 Å². The van der Waals surface area contributed by atoms with Crippen LogP contribution in [0.5, 0.6) is 0 Å². The fraction of sp³-hybridized carbons (Fsp3) is 0.846. The van der Waals surface area contributed by atoms with Gasteiger partial charge in [-0.25, -0.2) is 0 Å². The van der Waals surface area contributed by atoms with Crippen molar-refractivity contribution >= 4 is 11.9 Å². The van der Waals surface area contributed by atoms with Gasteiger partial charge in [0.15, 0.2) is 0 Å². The van der Waals surface area contributed by atoms with Crippen molar-refractivity contribution in [1.29, 1.82) is 0 Å². The molecule has 4 heteroatoms.